The van der Waals surface area contributed by atoms with Crippen LogP contribution in [-0.2, 0) is 13.0 Å². The van der Waals surface area contributed by atoms with Gasteiger partial charge < -0.3 is 0 Å². The molecule has 2 aromatic rings. The maximum atomic E-state index is 11.7. The summed E-state index contributed by atoms with van der Waals surface area (Å²) in [6, 6.07) is 6.23. The molecular weight excluding hydrogens is 194 g/mol. The van der Waals surface area contributed by atoms with Crippen molar-refractivity contribution >= 4 is 21.6 Å². The van der Waals surface area contributed by atoms with Crippen molar-refractivity contribution in [3.63, 3.8) is 0 Å². The molecule has 0 saturated heterocycles. The molecule has 0 unspecified atom stereocenters. The summed E-state index contributed by atoms with van der Waals surface area (Å²) in [5.41, 5.74) is 2.51. The molecule has 0 fully saturated rings. The number of aromatic nitrogens is 1. The standard InChI is InChI=1S/C11H11NOS/c1-7-5-8-3-2-4-9-10(8)12(6-7)11(13)14-9/h2-4,7H,5-6H2,1H3/t7-/m0/s1. The van der Waals surface area contributed by atoms with E-state index in [1.54, 1.807) is 0 Å². The highest BCUT2D eigenvalue weighted by molar-refractivity contribution is 7.16. The third-order valence-electron chi connectivity index (χ3n) is 2.83. The predicted octanol–water partition coefficient (Wildman–Crippen LogP) is 2.26. The van der Waals surface area contributed by atoms with Crippen LogP contribution in [0.3, 0.4) is 0 Å². The van der Waals surface area contributed by atoms with Gasteiger partial charge in [-0.2, -0.15) is 0 Å². The Morgan fingerprint density at radius 1 is 1.50 bits per heavy atom. The highest BCUT2D eigenvalue weighted by Crippen LogP contribution is 2.28. The van der Waals surface area contributed by atoms with Crippen molar-refractivity contribution in [3.05, 3.63) is 33.4 Å². The number of rotatable bonds is 0. The summed E-state index contributed by atoms with van der Waals surface area (Å²) in [4.78, 5) is 11.9. The van der Waals surface area contributed by atoms with Crippen LogP contribution < -0.4 is 4.87 Å². The molecule has 2 nitrogen and oxygen atoms in total. The van der Waals surface area contributed by atoms with E-state index in [4.69, 9.17) is 0 Å². The Bertz CT molecular complexity index is 552. The largest absolute Gasteiger partial charge is 0.308 e. The fraction of sp³-hybridized carbons (Fsp3) is 0.364. The molecule has 0 bridgehead atoms. The van der Waals surface area contributed by atoms with Gasteiger partial charge in [0.25, 0.3) is 0 Å². The summed E-state index contributed by atoms with van der Waals surface area (Å²) in [7, 11) is 0. The summed E-state index contributed by atoms with van der Waals surface area (Å²) in [5, 5.41) is 0. The zero-order valence-electron chi connectivity index (χ0n) is 7.99. The lowest BCUT2D eigenvalue weighted by atomic mass is 9.97. The van der Waals surface area contributed by atoms with E-state index < -0.39 is 0 Å². The second-order valence-corrected chi connectivity index (χ2v) is 5.04. The molecule has 3 rings (SSSR count). The molecule has 14 heavy (non-hydrogen) atoms. The number of nitrogens with zero attached hydrogens (tertiary/aromatic N) is 1. The van der Waals surface area contributed by atoms with Gasteiger partial charge in [0, 0.05) is 6.54 Å². The minimum atomic E-state index is 0.194. The first kappa shape index (κ1) is 8.24. The first-order chi connectivity index (χ1) is 6.75. The predicted molar refractivity (Wildman–Crippen MR) is 59.0 cm³/mol. The average Bonchev–Trinajstić information content (AvgIpc) is 2.45. The van der Waals surface area contributed by atoms with E-state index in [1.807, 2.05) is 10.6 Å². The van der Waals surface area contributed by atoms with E-state index in [-0.39, 0.29) is 4.87 Å². The first-order valence-corrected chi connectivity index (χ1v) is 5.68. The summed E-state index contributed by atoms with van der Waals surface area (Å²) in [5.74, 6) is 0.584. The highest BCUT2D eigenvalue weighted by Gasteiger charge is 2.19. The highest BCUT2D eigenvalue weighted by atomic mass is 32.1. The summed E-state index contributed by atoms with van der Waals surface area (Å²) in [6.07, 6.45) is 1.10. The SMILES string of the molecule is C[C@H]1Cc2cccc3sc(=O)n(c23)C1. The van der Waals surface area contributed by atoms with E-state index in [0.29, 0.717) is 5.92 Å². The zero-order chi connectivity index (χ0) is 9.71. The molecule has 1 aromatic heterocycles. The number of para-hydroxylation sites is 1. The molecule has 72 valence electrons. The van der Waals surface area contributed by atoms with Crippen molar-refractivity contribution in [1.82, 2.24) is 4.57 Å². The molecule has 0 amide bonds. The summed E-state index contributed by atoms with van der Waals surface area (Å²) in [6.45, 7) is 3.09. The normalized spacial score (nSPS) is 20.2. The van der Waals surface area contributed by atoms with Gasteiger partial charge in [0.05, 0.1) is 10.2 Å². The maximum Gasteiger partial charge on any atom is 0.308 e. The Morgan fingerprint density at radius 3 is 3.21 bits per heavy atom. The molecule has 1 aliphatic rings. The van der Waals surface area contributed by atoms with E-state index in [0.717, 1.165) is 17.7 Å². The Balaban J connectivity index is 2.47. The molecule has 0 aliphatic carbocycles. The molecule has 2 heterocycles. The van der Waals surface area contributed by atoms with Gasteiger partial charge in [-0.05, 0) is 24.0 Å². The molecule has 3 heteroatoms. The van der Waals surface area contributed by atoms with Crippen LogP contribution in [0.1, 0.15) is 12.5 Å². The van der Waals surface area contributed by atoms with E-state index >= 15 is 0 Å². The number of benzene rings is 1. The fourth-order valence-corrected chi connectivity index (χ4v) is 3.23. The van der Waals surface area contributed by atoms with Crippen molar-refractivity contribution in [2.75, 3.05) is 0 Å². The van der Waals surface area contributed by atoms with Crippen molar-refractivity contribution in [3.8, 4) is 0 Å². The Labute approximate surface area is 85.8 Å². The minimum absolute atomic E-state index is 0.194. The lowest BCUT2D eigenvalue weighted by molar-refractivity contribution is 0.466. The minimum Gasteiger partial charge on any atom is -0.298 e. The maximum absolute atomic E-state index is 11.7. The lowest BCUT2D eigenvalue weighted by Gasteiger charge is -2.20. The smallest absolute Gasteiger partial charge is 0.298 e. The van der Waals surface area contributed by atoms with Gasteiger partial charge in [-0.1, -0.05) is 30.4 Å². The van der Waals surface area contributed by atoms with Crippen LogP contribution in [-0.4, -0.2) is 4.57 Å². The molecule has 0 radical (unpaired) electrons. The first-order valence-electron chi connectivity index (χ1n) is 4.87. The second-order valence-electron chi connectivity index (χ2n) is 4.05. The van der Waals surface area contributed by atoms with Crippen molar-refractivity contribution in [2.45, 2.75) is 19.9 Å². The number of hydrogen-bond donors (Lipinski definition) is 0. The molecular formula is C11H11NOS. The molecule has 0 saturated carbocycles. The zero-order valence-corrected chi connectivity index (χ0v) is 8.80. The molecule has 1 aliphatic heterocycles. The van der Waals surface area contributed by atoms with Gasteiger partial charge in [-0.15, -0.1) is 0 Å². The van der Waals surface area contributed by atoms with Crippen LogP contribution in [0.2, 0.25) is 0 Å². The Morgan fingerprint density at radius 2 is 2.36 bits per heavy atom. The van der Waals surface area contributed by atoms with Crippen molar-refractivity contribution in [1.29, 1.82) is 0 Å². The van der Waals surface area contributed by atoms with Gasteiger partial charge in [-0.25, -0.2) is 0 Å². The lowest BCUT2D eigenvalue weighted by Crippen LogP contribution is -2.23. The van der Waals surface area contributed by atoms with Crippen LogP contribution in [0.25, 0.3) is 10.2 Å². The fourth-order valence-electron chi connectivity index (χ4n) is 2.28. The van der Waals surface area contributed by atoms with Gasteiger partial charge in [-0.3, -0.25) is 9.36 Å². The van der Waals surface area contributed by atoms with E-state index in [1.165, 1.54) is 22.4 Å². The summed E-state index contributed by atoms with van der Waals surface area (Å²) < 4.78 is 3.07. The average molecular weight is 205 g/mol. The third kappa shape index (κ3) is 0.989. The van der Waals surface area contributed by atoms with Crippen LogP contribution in [0.5, 0.6) is 0 Å². The third-order valence-corrected chi connectivity index (χ3v) is 3.78. The van der Waals surface area contributed by atoms with Gasteiger partial charge in [0.2, 0.25) is 0 Å². The van der Waals surface area contributed by atoms with E-state index in [2.05, 4.69) is 19.1 Å². The molecule has 0 N–H and O–H groups in total. The number of hydrogen-bond acceptors (Lipinski definition) is 2. The monoisotopic (exact) mass is 205 g/mol. The summed E-state index contributed by atoms with van der Waals surface area (Å²) >= 11 is 1.37. The Hall–Kier alpha value is -1.09. The van der Waals surface area contributed by atoms with Crippen molar-refractivity contribution in [2.24, 2.45) is 5.92 Å². The Kier molecular flexibility index (Phi) is 1.59. The van der Waals surface area contributed by atoms with Gasteiger partial charge >= 0.3 is 4.87 Å². The second kappa shape index (κ2) is 2.70. The quantitative estimate of drug-likeness (QED) is 0.646. The molecule has 1 atom stereocenters. The van der Waals surface area contributed by atoms with E-state index in [9.17, 15) is 4.79 Å². The topological polar surface area (TPSA) is 22.0 Å². The van der Waals surface area contributed by atoms with Gasteiger partial charge in [0.1, 0.15) is 0 Å². The van der Waals surface area contributed by atoms with Crippen LogP contribution in [0.4, 0.5) is 0 Å². The number of thiazole rings is 1. The van der Waals surface area contributed by atoms with Crippen LogP contribution in [0, 0.1) is 5.92 Å². The molecule has 1 aromatic carbocycles. The van der Waals surface area contributed by atoms with Crippen molar-refractivity contribution < 1.29 is 0 Å². The van der Waals surface area contributed by atoms with Crippen LogP contribution >= 0.6 is 11.3 Å². The molecule has 0 spiro atoms. The van der Waals surface area contributed by atoms with Crippen LogP contribution in [0.15, 0.2) is 23.0 Å². The van der Waals surface area contributed by atoms with Gasteiger partial charge in [0.15, 0.2) is 0 Å².